The zero-order valence-electron chi connectivity index (χ0n) is 10.4. The molecule has 0 saturated heterocycles. The second kappa shape index (κ2) is 6.45. The lowest BCUT2D eigenvalue weighted by molar-refractivity contribution is 0.171. The third-order valence-corrected chi connectivity index (χ3v) is 2.74. The number of carbonyl (C=O) groups is 1. The number of hydrogen-bond acceptors (Lipinski definition) is 4. The summed E-state index contributed by atoms with van der Waals surface area (Å²) in [7, 11) is 1.25. The van der Waals surface area contributed by atoms with Gasteiger partial charge in [-0.1, -0.05) is 23.2 Å². The summed E-state index contributed by atoms with van der Waals surface area (Å²) in [5, 5.41) is 4.70. The van der Waals surface area contributed by atoms with Crippen molar-refractivity contribution in [1.82, 2.24) is 5.43 Å². The summed E-state index contributed by atoms with van der Waals surface area (Å²) in [4.78, 5) is 10.8. The largest absolute Gasteiger partial charge is 0.455 e. The van der Waals surface area contributed by atoms with E-state index in [-0.39, 0.29) is 0 Å². The fourth-order valence-corrected chi connectivity index (χ4v) is 1.99. The van der Waals surface area contributed by atoms with Crippen LogP contribution in [0.25, 0.3) is 11.3 Å². The number of nitrogens with zero attached hydrogens (tertiary/aromatic N) is 1. The lowest BCUT2D eigenvalue weighted by atomic mass is 10.2. The smallest absolute Gasteiger partial charge is 0.427 e. The highest BCUT2D eigenvalue weighted by Gasteiger charge is 2.06. The average Bonchev–Trinajstić information content (AvgIpc) is 2.86. The van der Waals surface area contributed by atoms with E-state index in [1.165, 1.54) is 13.3 Å². The van der Waals surface area contributed by atoms with Crippen molar-refractivity contribution >= 4 is 35.5 Å². The van der Waals surface area contributed by atoms with E-state index in [1.807, 2.05) is 0 Å². The fourth-order valence-electron chi connectivity index (χ4n) is 1.47. The monoisotopic (exact) mass is 312 g/mol. The minimum absolute atomic E-state index is 0.465. The molecule has 1 amide bonds. The van der Waals surface area contributed by atoms with Crippen molar-refractivity contribution in [3.63, 3.8) is 0 Å². The van der Waals surface area contributed by atoms with Gasteiger partial charge < -0.3 is 9.15 Å². The Morgan fingerprint density at radius 1 is 1.30 bits per heavy atom. The van der Waals surface area contributed by atoms with Gasteiger partial charge in [0.15, 0.2) is 0 Å². The Labute approximate surface area is 125 Å². The number of hydrogen-bond donors (Lipinski definition) is 1. The van der Waals surface area contributed by atoms with E-state index >= 15 is 0 Å². The molecule has 0 radical (unpaired) electrons. The lowest BCUT2D eigenvalue weighted by Crippen LogP contribution is -2.16. The molecule has 0 unspecified atom stereocenters. The maximum Gasteiger partial charge on any atom is 0.427 e. The van der Waals surface area contributed by atoms with Crippen molar-refractivity contribution in [1.29, 1.82) is 0 Å². The van der Waals surface area contributed by atoms with E-state index in [2.05, 4.69) is 15.3 Å². The Hall–Kier alpha value is -1.98. The number of nitrogens with one attached hydrogen (secondary N) is 1. The van der Waals surface area contributed by atoms with Gasteiger partial charge in [0.25, 0.3) is 0 Å². The molecule has 20 heavy (non-hydrogen) atoms. The third kappa shape index (κ3) is 3.76. The second-order valence-electron chi connectivity index (χ2n) is 3.72. The molecule has 0 spiro atoms. The highest BCUT2D eigenvalue weighted by atomic mass is 35.5. The van der Waals surface area contributed by atoms with Crippen LogP contribution in [0.5, 0.6) is 0 Å². The number of benzene rings is 1. The van der Waals surface area contributed by atoms with E-state index in [0.29, 0.717) is 21.6 Å². The molecule has 0 saturated carbocycles. The van der Waals surface area contributed by atoms with Crippen LogP contribution in [0.3, 0.4) is 0 Å². The Morgan fingerprint density at radius 2 is 2.00 bits per heavy atom. The molecule has 0 fully saturated rings. The molecule has 104 valence electrons. The summed E-state index contributed by atoms with van der Waals surface area (Å²) in [5.41, 5.74) is 2.91. The predicted octanol–water partition coefficient (Wildman–Crippen LogP) is 3.94. The van der Waals surface area contributed by atoms with Crippen LogP contribution in [0.4, 0.5) is 4.79 Å². The first-order chi connectivity index (χ1) is 9.58. The molecule has 1 aromatic carbocycles. The fraction of sp³-hybridized carbons (Fsp3) is 0.0769. The number of carbonyl (C=O) groups excluding carboxylic acids is 1. The molecule has 0 aliphatic heterocycles. The first kappa shape index (κ1) is 14.4. The van der Waals surface area contributed by atoms with Crippen molar-refractivity contribution in [2.24, 2.45) is 5.10 Å². The molecule has 0 atom stereocenters. The number of hydrazone groups is 1. The molecular weight excluding hydrogens is 303 g/mol. The van der Waals surface area contributed by atoms with Crippen LogP contribution in [0.15, 0.2) is 39.9 Å². The van der Waals surface area contributed by atoms with E-state index in [9.17, 15) is 4.79 Å². The van der Waals surface area contributed by atoms with Crippen LogP contribution in [-0.4, -0.2) is 19.4 Å². The normalized spacial score (nSPS) is 10.8. The van der Waals surface area contributed by atoms with Gasteiger partial charge >= 0.3 is 6.09 Å². The first-order valence-electron chi connectivity index (χ1n) is 5.52. The quantitative estimate of drug-likeness (QED) is 0.689. The van der Waals surface area contributed by atoms with Crippen LogP contribution in [0.2, 0.25) is 10.0 Å². The van der Waals surface area contributed by atoms with E-state index in [0.717, 1.165) is 5.56 Å². The maximum atomic E-state index is 10.8. The van der Waals surface area contributed by atoms with Gasteiger partial charge in [-0.3, -0.25) is 0 Å². The number of furan rings is 1. The lowest BCUT2D eigenvalue weighted by Gasteiger charge is -1.99. The molecule has 7 heteroatoms. The number of rotatable bonds is 3. The van der Waals surface area contributed by atoms with Crippen molar-refractivity contribution in [2.45, 2.75) is 0 Å². The second-order valence-corrected chi connectivity index (χ2v) is 4.59. The van der Waals surface area contributed by atoms with Gasteiger partial charge in [0.1, 0.15) is 11.5 Å². The van der Waals surface area contributed by atoms with Gasteiger partial charge in [-0.25, -0.2) is 10.2 Å². The Kier molecular flexibility index (Phi) is 4.65. The van der Waals surface area contributed by atoms with Gasteiger partial charge in [0, 0.05) is 15.6 Å². The highest BCUT2D eigenvalue weighted by Crippen LogP contribution is 2.28. The van der Waals surface area contributed by atoms with Gasteiger partial charge in [-0.2, -0.15) is 5.10 Å². The minimum Gasteiger partial charge on any atom is -0.455 e. The SMILES string of the molecule is COC(=O)N/N=C\c1ccc(-c2cc(Cl)cc(Cl)c2)o1. The Morgan fingerprint density at radius 3 is 2.65 bits per heavy atom. The van der Waals surface area contributed by atoms with Gasteiger partial charge in [0.2, 0.25) is 0 Å². The third-order valence-electron chi connectivity index (χ3n) is 2.31. The maximum absolute atomic E-state index is 10.8. The molecular formula is C13H10Cl2N2O3. The summed E-state index contributed by atoms with van der Waals surface area (Å²) in [6.07, 6.45) is 0.696. The number of ether oxygens (including phenoxy) is 1. The van der Waals surface area contributed by atoms with Crippen LogP contribution in [-0.2, 0) is 4.74 Å². The molecule has 1 N–H and O–H groups in total. The summed E-state index contributed by atoms with van der Waals surface area (Å²) in [5.74, 6) is 1.06. The number of halogens is 2. The van der Waals surface area contributed by atoms with E-state index in [1.54, 1.807) is 30.3 Å². The molecule has 1 heterocycles. The van der Waals surface area contributed by atoms with Gasteiger partial charge in [0.05, 0.1) is 13.3 Å². The van der Waals surface area contributed by atoms with Gasteiger partial charge in [-0.15, -0.1) is 0 Å². The minimum atomic E-state index is -0.658. The van der Waals surface area contributed by atoms with Crippen LogP contribution < -0.4 is 5.43 Å². The molecule has 5 nitrogen and oxygen atoms in total. The van der Waals surface area contributed by atoms with Crippen LogP contribution in [0, 0.1) is 0 Å². The van der Waals surface area contributed by atoms with Crippen LogP contribution >= 0.6 is 23.2 Å². The molecule has 1 aromatic heterocycles. The zero-order valence-corrected chi connectivity index (χ0v) is 11.9. The zero-order chi connectivity index (χ0) is 14.5. The Bertz CT molecular complexity index is 633. The number of amides is 1. The molecule has 0 bridgehead atoms. The van der Waals surface area contributed by atoms with Gasteiger partial charge in [-0.05, 0) is 30.3 Å². The molecule has 2 rings (SSSR count). The molecule has 2 aromatic rings. The predicted molar refractivity (Wildman–Crippen MR) is 77.3 cm³/mol. The van der Waals surface area contributed by atoms with E-state index < -0.39 is 6.09 Å². The van der Waals surface area contributed by atoms with Crippen LogP contribution in [0.1, 0.15) is 5.76 Å². The van der Waals surface area contributed by atoms with Crippen molar-refractivity contribution in [3.8, 4) is 11.3 Å². The summed E-state index contributed by atoms with van der Waals surface area (Å²) in [6.45, 7) is 0. The first-order valence-corrected chi connectivity index (χ1v) is 6.27. The number of methoxy groups -OCH3 is 1. The van der Waals surface area contributed by atoms with Crippen molar-refractivity contribution < 1.29 is 13.9 Å². The standard InChI is InChI=1S/C13H10Cl2N2O3/c1-19-13(18)17-16-7-11-2-3-12(20-11)8-4-9(14)6-10(15)5-8/h2-7H,1H3,(H,17,18)/b16-7-. The molecule has 0 aliphatic rings. The molecule has 0 aliphatic carbocycles. The summed E-state index contributed by atoms with van der Waals surface area (Å²) >= 11 is 11.9. The van der Waals surface area contributed by atoms with Crippen molar-refractivity contribution in [2.75, 3.05) is 7.11 Å². The highest BCUT2D eigenvalue weighted by molar-refractivity contribution is 6.35. The summed E-state index contributed by atoms with van der Waals surface area (Å²) < 4.78 is 9.90. The topological polar surface area (TPSA) is 63.8 Å². The average molecular weight is 313 g/mol. The van der Waals surface area contributed by atoms with Crippen molar-refractivity contribution in [3.05, 3.63) is 46.1 Å². The Balaban J connectivity index is 2.14. The summed E-state index contributed by atoms with van der Waals surface area (Å²) in [6, 6.07) is 8.56. The van der Waals surface area contributed by atoms with E-state index in [4.69, 9.17) is 27.6 Å².